The van der Waals surface area contributed by atoms with Crippen molar-refractivity contribution in [1.29, 1.82) is 0 Å². The molecule has 0 saturated carbocycles. The van der Waals surface area contributed by atoms with Crippen molar-refractivity contribution in [1.82, 2.24) is 0 Å². The molecule has 0 atom stereocenters. The van der Waals surface area contributed by atoms with E-state index in [9.17, 15) is 0 Å². The van der Waals surface area contributed by atoms with Crippen LogP contribution in [0.1, 0.15) is 27.7 Å². The summed E-state index contributed by atoms with van der Waals surface area (Å²) in [6.07, 6.45) is 0. The molecule has 1 fully saturated rings. The van der Waals surface area contributed by atoms with Crippen molar-refractivity contribution in [3.63, 3.8) is 0 Å². The predicted molar refractivity (Wildman–Crippen MR) is 170 cm³/mol. The predicted octanol–water partition coefficient (Wildman–Crippen LogP) is 9.02. The fourth-order valence-electron chi connectivity index (χ4n) is 5.57. The van der Waals surface area contributed by atoms with Gasteiger partial charge in [0, 0.05) is 33.8 Å². The molecule has 7 rings (SSSR count). The van der Waals surface area contributed by atoms with E-state index in [0.717, 1.165) is 55.6 Å². The van der Waals surface area contributed by atoms with Crippen molar-refractivity contribution >= 4 is 51.6 Å². The third kappa shape index (κ3) is 4.42. The normalized spacial score (nSPS) is 16.0. The van der Waals surface area contributed by atoms with Crippen LogP contribution in [0.4, 0.5) is 17.1 Å². The fourth-order valence-corrected chi connectivity index (χ4v) is 5.57. The molecular formula is C36H32BNO3. The molecule has 6 aromatic rings. The lowest BCUT2D eigenvalue weighted by Crippen LogP contribution is -2.41. The van der Waals surface area contributed by atoms with Gasteiger partial charge in [-0.15, -0.1) is 0 Å². The van der Waals surface area contributed by atoms with Gasteiger partial charge in [0.15, 0.2) is 0 Å². The Morgan fingerprint density at radius 3 is 1.93 bits per heavy atom. The van der Waals surface area contributed by atoms with Gasteiger partial charge in [0.2, 0.25) is 0 Å². The van der Waals surface area contributed by atoms with Crippen LogP contribution in [0.2, 0.25) is 0 Å². The van der Waals surface area contributed by atoms with Crippen LogP contribution in [-0.2, 0) is 9.31 Å². The summed E-state index contributed by atoms with van der Waals surface area (Å²) in [5.41, 5.74) is 7.40. The Morgan fingerprint density at radius 1 is 0.561 bits per heavy atom. The average Bonchev–Trinajstić information content (AvgIpc) is 3.46. The first kappa shape index (κ1) is 25.6. The summed E-state index contributed by atoms with van der Waals surface area (Å²) in [4.78, 5) is 2.29. The number of fused-ring (bicyclic) bond motifs is 3. The Labute approximate surface area is 241 Å². The van der Waals surface area contributed by atoms with Crippen LogP contribution in [-0.4, -0.2) is 18.3 Å². The molecule has 1 aliphatic heterocycles. The van der Waals surface area contributed by atoms with Gasteiger partial charge in [-0.25, -0.2) is 0 Å². The van der Waals surface area contributed by atoms with Crippen molar-refractivity contribution in [3.8, 4) is 11.1 Å². The highest BCUT2D eigenvalue weighted by atomic mass is 16.7. The van der Waals surface area contributed by atoms with Crippen LogP contribution in [0.3, 0.4) is 0 Å². The van der Waals surface area contributed by atoms with E-state index in [-0.39, 0.29) is 11.2 Å². The first-order valence-corrected chi connectivity index (χ1v) is 14.1. The van der Waals surface area contributed by atoms with Gasteiger partial charge in [0.05, 0.1) is 16.9 Å². The Bertz CT molecular complexity index is 1840. The molecule has 0 radical (unpaired) electrons. The van der Waals surface area contributed by atoms with Gasteiger partial charge >= 0.3 is 7.12 Å². The van der Waals surface area contributed by atoms with Crippen LogP contribution < -0.4 is 10.4 Å². The SMILES string of the molecule is CC1(C)OB(c2ccc(N(c3ccc4c(c3)oc3ccccc34)c3ccccc3-c3ccccc3)cc2)OC1(C)C. The van der Waals surface area contributed by atoms with Gasteiger partial charge in [-0.3, -0.25) is 0 Å². The standard InChI is InChI=1S/C36H32BNO3/c1-35(2)36(3,4)41-37(40-35)26-18-20-27(21-19-26)38(32-16-10-8-14-29(32)25-12-6-5-7-13-25)28-22-23-31-30-15-9-11-17-33(30)39-34(31)24-28/h5-24H,1-4H3. The minimum absolute atomic E-state index is 0.390. The summed E-state index contributed by atoms with van der Waals surface area (Å²) in [6, 6.07) is 42.2. The van der Waals surface area contributed by atoms with E-state index in [4.69, 9.17) is 13.7 Å². The maximum atomic E-state index is 6.33. The van der Waals surface area contributed by atoms with E-state index in [1.807, 2.05) is 18.2 Å². The number of rotatable bonds is 5. The largest absolute Gasteiger partial charge is 0.494 e. The van der Waals surface area contributed by atoms with Gasteiger partial charge in [0.1, 0.15) is 11.2 Å². The zero-order valence-electron chi connectivity index (χ0n) is 23.8. The van der Waals surface area contributed by atoms with Crippen molar-refractivity contribution in [2.24, 2.45) is 0 Å². The summed E-state index contributed by atoms with van der Waals surface area (Å²) in [5.74, 6) is 0. The highest BCUT2D eigenvalue weighted by molar-refractivity contribution is 6.62. The first-order chi connectivity index (χ1) is 19.8. The number of para-hydroxylation sites is 2. The van der Waals surface area contributed by atoms with E-state index >= 15 is 0 Å². The smallest absolute Gasteiger partial charge is 0.456 e. The Balaban J connectivity index is 1.36. The topological polar surface area (TPSA) is 34.8 Å². The van der Waals surface area contributed by atoms with E-state index in [0.29, 0.717) is 0 Å². The Morgan fingerprint density at radius 2 is 1.17 bits per heavy atom. The molecule has 1 aliphatic rings. The number of benzene rings is 5. The van der Waals surface area contributed by atoms with Crippen LogP contribution in [0.25, 0.3) is 33.1 Å². The highest BCUT2D eigenvalue weighted by Crippen LogP contribution is 2.42. The van der Waals surface area contributed by atoms with E-state index in [1.165, 1.54) is 0 Å². The van der Waals surface area contributed by atoms with Crippen molar-refractivity contribution in [2.75, 3.05) is 4.90 Å². The van der Waals surface area contributed by atoms with Gasteiger partial charge in [-0.1, -0.05) is 78.9 Å². The number of nitrogens with zero attached hydrogens (tertiary/aromatic N) is 1. The summed E-state index contributed by atoms with van der Waals surface area (Å²) in [5, 5.41) is 2.23. The number of furan rings is 1. The molecule has 202 valence electrons. The average molecular weight is 537 g/mol. The Hall–Kier alpha value is -4.32. The van der Waals surface area contributed by atoms with Gasteiger partial charge in [-0.05, 0) is 75.1 Å². The minimum atomic E-state index is -0.411. The molecule has 41 heavy (non-hydrogen) atoms. The molecule has 0 aliphatic carbocycles. The molecule has 0 amide bonds. The van der Waals surface area contributed by atoms with Crippen LogP contribution in [0.15, 0.2) is 126 Å². The lowest BCUT2D eigenvalue weighted by molar-refractivity contribution is 0.00578. The molecule has 0 bridgehead atoms. The summed E-state index contributed by atoms with van der Waals surface area (Å²) >= 11 is 0. The van der Waals surface area contributed by atoms with Gasteiger partial charge in [-0.2, -0.15) is 0 Å². The number of hydrogen-bond acceptors (Lipinski definition) is 4. The maximum absolute atomic E-state index is 6.33. The molecular weight excluding hydrogens is 505 g/mol. The van der Waals surface area contributed by atoms with E-state index in [2.05, 4.69) is 136 Å². The third-order valence-corrected chi connectivity index (χ3v) is 8.53. The lowest BCUT2D eigenvalue weighted by Gasteiger charge is -2.32. The van der Waals surface area contributed by atoms with Crippen molar-refractivity contribution < 1.29 is 13.7 Å². The molecule has 0 unspecified atom stereocenters. The van der Waals surface area contributed by atoms with Gasteiger partial charge < -0.3 is 18.6 Å². The lowest BCUT2D eigenvalue weighted by atomic mass is 9.79. The summed E-state index contributed by atoms with van der Waals surface area (Å²) < 4.78 is 18.9. The molecule has 4 nitrogen and oxygen atoms in total. The van der Waals surface area contributed by atoms with Crippen LogP contribution in [0, 0.1) is 0 Å². The molecule has 1 saturated heterocycles. The van der Waals surface area contributed by atoms with Crippen LogP contribution >= 0.6 is 0 Å². The number of anilines is 3. The van der Waals surface area contributed by atoms with E-state index < -0.39 is 7.12 Å². The number of hydrogen-bond donors (Lipinski definition) is 0. The zero-order valence-corrected chi connectivity index (χ0v) is 23.8. The molecule has 1 aromatic heterocycles. The zero-order chi connectivity index (χ0) is 28.2. The third-order valence-electron chi connectivity index (χ3n) is 8.53. The quantitative estimate of drug-likeness (QED) is 0.206. The minimum Gasteiger partial charge on any atom is -0.456 e. The molecule has 0 N–H and O–H groups in total. The second-order valence-corrected chi connectivity index (χ2v) is 11.7. The van der Waals surface area contributed by atoms with Crippen molar-refractivity contribution in [2.45, 2.75) is 38.9 Å². The highest BCUT2D eigenvalue weighted by Gasteiger charge is 2.51. The fraction of sp³-hybridized carbons (Fsp3) is 0.167. The second kappa shape index (κ2) is 9.65. The van der Waals surface area contributed by atoms with Gasteiger partial charge in [0.25, 0.3) is 0 Å². The molecule has 0 spiro atoms. The first-order valence-electron chi connectivity index (χ1n) is 14.1. The Kier molecular flexibility index (Phi) is 6.04. The molecule has 5 aromatic carbocycles. The van der Waals surface area contributed by atoms with Crippen LogP contribution in [0.5, 0.6) is 0 Å². The summed E-state index contributed by atoms with van der Waals surface area (Å²) in [7, 11) is -0.411. The molecule has 5 heteroatoms. The monoisotopic (exact) mass is 537 g/mol. The molecule has 2 heterocycles. The maximum Gasteiger partial charge on any atom is 0.494 e. The van der Waals surface area contributed by atoms with Crippen molar-refractivity contribution in [3.05, 3.63) is 121 Å². The second-order valence-electron chi connectivity index (χ2n) is 11.7. The van der Waals surface area contributed by atoms with E-state index in [1.54, 1.807) is 0 Å². The summed E-state index contributed by atoms with van der Waals surface area (Å²) in [6.45, 7) is 8.32.